The fourth-order valence-electron chi connectivity index (χ4n) is 2.81. The van der Waals surface area contributed by atoms with Gasteiger partial charge in [0.25, 0.3) is 0 Å². The molecule has 1 aliphatic heterocycles. The Morgan fingerprint density at radius 2 is 2.10 bits per heavy atom. The van der Waals surface area contributed by atoms with E-state index >= 15 is 0 Å². The number of imidazole rings is 1. The van der Waals surface area contributed by atoms with Crippen LogP contribution in [0.25, 0.3) is 0 Å². The SMILES string of the molecule is NC(=O)Cn1ccnc1[C@H]1CCCN(c2ncccn2)C1. The second kappa shape index (κ2) is 5.90. The number of rotatable bonds is 4. The summed E-state index contributed by atoms with van der Waals surface area (Å²) in [5.41, 5.74) is 5.28. The molecular formula is C14H18N6O. The predicted molar refractivity (Wildman–Crippen MR) is 77.6 cm³/mol. The largest absolute Gasteiger partial charge is 0.368 e. The van der Waals surface area contributed by atoms with E-state index in [1.807, 2.05) is 10.6 Å². The predicted octanol–water partition coefficient (Wildman–Crippen LogP) is 0.542. The van der Waals surface area contributed by atoms with Crippen molar-refractivity contribution in [3.63, 3.8) is 0 Å². The number of primary amides is 1. The zero-order valence-corrected chi connectivity index (χ0v) is 11.7. The molecule has 2 N–H and O–H groups in total. The molecule has 1 saturated heterocycles. The van der Waals surface area contributed by atoms with Crippen LogP contribution in [-0.2, 0) is 11.3 Å². The van der Waals surface area contributed by atoms with E-state index in [2.05, 4.69) is 19.9 Å². The highest BCUT2D eigenvalue weighted by Gasteiger charge is 2.26. The van der Waals surface area contributed by atoms with Crippen molar-refractivity contribution in [1.82, 2.24) is 19.5 Å². The van der Waals surface area contributed by atoms with Crippen molar-refractivity contribution >= 4 is 11.9 Å². The lowest BCUT2D eigenvalue weighted by Gasteiger charge is -2.32. The molecule has 0 unspecified atom stereocenters. The van der Waals surface area contributed by atoms with Crippen LogP contribution >= 0.6 is 0 Å². The van der Waals surface area contributed by atoms with E-state index in [1.165, 1.54) is 0 Å². The van der Waals surface area contributed by atoms with Gasteiger partial charge in [0.1, 0.15) is 12.4 Å². The third-order valence-electron chi connectivity index (χ3n) is 3.70. The molecule has 0 aliphatic carbocycles. The Balaban J connectivity index is 1.77. The molecule has 1 fully saturated rings. The third kappa shape index (κ3) is 3.01. The first kappa shape index (κ1) is 13.5. The van der Waals surface area contributed by atoms with Gasteiger partial charge in [-0.15, -0.1) is 0 Å². The minimum absolute atomic E-state index is 0.174. The summed E-state index contributed by atoms with van der Waals surface area (Å²) in [6.45, 7) is 1.92. The van der Waals surface area contributed by atoms with E-state index in [-0.39, 0.29) is 18.4 Å². The maximum absolute atomic E-state index is 11.1. The molecule has 0 saturated carbocycles. The number of nitrogens with two attached hydrogens (primary N) is 1. The van der Waals surface area contributed by atoms with Crippen LogP contribution in [0.2, 0.25) is 0 Å². The van der Waals surface area contributed by atoms with Gasteiger partial charge in [-0.25, -0.2) is 15.0 Å². The Labute approximate surface area is 122 Å². The Bertz CT molecular complexity index is 611. The van der Waals surface area contributed by atoms with Gasteiger partial charge in [-0.2, -0.15) is 0 Å². The van der Waals surface area contributed by atoms with Gasteiger partial charge in [0.05, 0.1) is 0 Å². The van der Waals surface area contributed by atoms with Crippen molar-refractivity contribution in [3.05, 3.63) is 36.7 Å². The van der Waals surface area contributed by atoms with Crippen LogP contribution in [0.1, 0.15) is 24.6 Å². The van der Waals surface area contributed by atoms with Gasteiger partial charge < -0.3 is 15.2 Å². The van der Waals surface area contributed by atoms with Crippen molar-refractivity contribution in [2.75, 3.05) is 18.0 Å². The highest BCUT2D eigenvalue weighted by atomic mass is 16.1. The van der Waals surface area contributed by atoms with E-state index in [9.17, 15) is 4.79 Å². The molecule has 1 atom stereocenters. The van der Waals surface area contributed by atoms with Crippen LogP contribution in [0.5, 0.6) is 0 Å². The Morgan fingerprint density at radius 3 is 2.86 bits per heavy atom. The van der Waals surface area contributed by atoms with Gasteiger partial charge in [0, 0.05) is 43.8 Å². The van der Waals surface area contributed by atoms with Gasteiger partial charge in [-0.3, -0.25) is 4.79 Å². The van der Waals surface area contributed by atoms with Gasteiger partial charge in [-0.1, -0.05) is 0 Å². The van der Waals surface area contributed by atoms with Crippen LogP contribution in [0.15, 0.2) is 30.9 Å². The Hall–Kier alpha value is -2.44. The normalized spacial score (nSPS) is 18.7. The van der Waals surface area contributed by atoms with Gasteiger partial charge in [-0.05, 0) is 18.9 Å². The molecule has 0 bridgehead atoms. The molecule has 21 heavy (non-hydrogen) atoms. The molecule has 2 aromatic heterocycles. The van der Waals surface area contributed by atoms with E-state index in [1.54, 1.807) is 24.8 Å². The number of amides is 1. The zero-order valence-electron chi connectivity index (χ0n) is 11.7. The van der Waals surface area contributed by atoms with Crippen molar-refractivity contribution in [2.45, 2.75) is 25.3 Å². The second-order valence-corrected chi connectivity index (χ2v) is 5.21. The molecule has 1 aliphatic rings. The maximum Gasteiger partial charge on any atom is 0.237 e. The van der Waals surface area contributed by atoms with Crippen molar-refractivity contribution < 1.29 is 4.79 Å². The number of carbonyl (C=O) groups excluding carboxylic acids is 1. The average Bonchev–Trinajstić information content (AvgIpc) is 2.96. The first-order valence-electron chi connectivity index (χ1n) is 7.05. The summed E-state index contributed by atoms with van der Waals surface area (Å²) in [4.78, 5) is 26.3. The first-order valence-corrected chi connectivity index (χ1v) is 7.05. The molecule has 0 radical (unpaired) electrons. The maximum atomic E-state index is 11.1. The first-order chi connectivity index (χ1) is 10.2. The monoisotopic (exact) mass is 286 g/mol. The third-order valence-corrected chi connectivity index (χ3v) is 3.70. The fourth-order valence-corrected chi connectivity index (χ4v) is 2.81. The summed E-state index contributed by atoms with van der Waals surface area (Å²) in [6, 6.07) is 1.81. The number of hydrogen-bond acceptors (Lipinski definition) is 5. The minimum Gasteiger partial charge on any atom is -0.368 e. The molecule has 3 rings (SSSR count). The molecule has 1 amide bonds. The Kier molecular flexibility index (Phi) is 3.81. The van der Waals surface area contributed by atoms with Crippen LogP contribution in [-0.4, -0.2) is 38.5 Å². The van der Waals surface area contributed by atoms with Gasteiger partial charge in [0.15, 0.2) is 0 Å². The lowest BCUT2D eigenvalue weighted by atomic mass is 9.97. The van der Waals surface area contributed by atoms with Crippen LogP contribution in [0.4, 0.5) is 5.95 Å². The number of anilines is 1. The molecular weight excluding hydrogens is 268 g/mol. The quantitative estimate of drug-likeness (QED) is 0.886. The van der Waals surface area contributed by atoms with E-state index < -0.39 is 0 Å². The zero-order chi connectivity index (χ0) is 14.7. The summed E-state index contributed by atoms with van der Waals surface area (Å²) in [6.07, 6.45) is 9.11. The lowest BCUT2D eigenvalue weighted by Crippen LogP contribution is -2.36. The second-order valence-electron chi connectivity index (χ2n) is 5.21. The number of aromatic nitrogens is 4. The summed E-state index contributed by atoms with van der Waals surface area (Å²) in [5, 5.41) is 0. The highest BCUT2D eigenvalue weighted by molar-refractivity contribution is 5.73. The smallest absolute Gasteiger partial charge is 0.237 e. The van der Waals surface area contributed by atoms with Crippen molar-refractivity contribution in [3.8, 4) is 0 Å². The number of piperidine rings is 1. The number of hydrogen-bond donors (Lipinski definition) is 1. The summed E-state index contributed by atoms with van der Waals surface area (Å²) in [5.74, 6) is 1.56. The van der Waals surface area contributed by atoms with Crippen LogP contribution in [0.3, 0.4) is 0 Å². The van der Waals surface area contributed by atoms with Crippen LogP contribution in [0, 0.1) is 0 Å². The van der Waals surface area contributed by atoms with Crippen LogP contribution < -0.4 is 10.6 Å². The molecule has 0 aromatic carbocycles. The summed E-state index contributed by atoms with van der Waals surface area (Å²) >= 11 is 0. The van der Waals surface area contributed by atoms with E-state index in [0.29, 0.717) is 0 Å². The highest BCUT2D eigenvalue weighted by Crippen LogP contribution is 2.27. The lowest BCUT2D eigenvalue weighted by molar-refractivity contribution is -0.118. The standard InChI is InChI=1S/C14H18N6O/c15-12(21)10-19-8-6-16-13(19)11-3-1-7-20(9-11)14-17-4-2-5-18-14/h2,4-6,8,11H,1,3,7,9-10H2,(H2,15,21)/t11-/m0/s1. The minimum atomic E-state index is -0.353. The Morgan fingerprint density at radius 1 is 1.29 bits per heavy atom. The topological polar surface area (TPSA) is 89.9 Å². The summed E-state index contributed by atoms with van der Waals surface area (Å²) < 4.78 is 1.84. The fraction of sp³-hybridized carbons (Fsp3) is 0.429. The molecule has 3 heterocycles. The number of carbonyl (C=O) groups is 1. The average molecular weight is 286 g/mol. The van der Waals surface area contributed by atoms with E-state index in [4.69, 9.17) is 5.73 Å². The molecule has 7 nitrogen and oxygen atoms in total. The molecule has 110 valence electrons. The van der Waals surface area contributed by atoms with E-state index in [0.717, 1.165) is 37.7 Å². The van der Waals surface area contributed by atoms with Gasteiger partial charge in [0.2, 0.25) is 11.9 Å². The van der Waals surface area contributed by atoms with Crippen molar-refractivity contribution in [2.24, 2.45) is 5.73 Å². The molecule has 0 spiro atoms. The van der Waals surface area contributed by atoms with Crippen molar-refractivity contribution in [1.29, 1.82) is 0 Å². The molecule has 7 heteroatoms. The van der Waals surface area contributed by atoms with Gasteiger partial charge >= 0.3 is 0 Å². The summed E-state index contributed by atoms with van der Waals surface area (Å²) in [7, 11) is 0. The number of nitrogens with zero attached hydrogens (tertiary/aromatic N) is 5. The molecule has 2 aromatic rings.